The van der Waals surface area contributed by atoms with Gasteiger partial charge in [0, 0.05) is 18.3 Å². The molecule has 1 aromatic carbocycles. The number of ketones is 1. The van der Waals surface area contributed by atoms with Crippen LogP contribution in [-0.2, 0) is 18.2 Å². The zero-order valence-corrected chi connectivity index (χ0v) is 13.8. The van der Waals surface area contributed by atoms with Crippen LogP contribution in [0.4, 0.5) is 0 Å². The van der Waals surface area contributed by atoms with Crippen molar-refractivity contribution in [1.29, 1.82) is 0 Å². The minimum absolute atomic E-state index is 0.207. The molecule has 1 aromatic heterocycles. The number of benzene rings is 1. The molecule has 2 aromatic rings. The lowest BCUT2D eigenvalue weighted by atomic mass is 10.0. The summed E-state index contributed by atoms with van der Waals surface area (Å²) in [7, 11) is 1.75. The molecule has 1 heterocycles. The SMILES string of the molecule is CCCCc1ccc(C(=O)COC(=O)c2cnn(C)c2C)cc1. The summed E-state index contributed by atoms with van der Waals surface area (Å²) in [5.41, 5.74) is 2.87. The predicted octanol–water partition coefficient (Wildman–Crippen LogP) is 3.11. The first-order valence-electron chi connectivity index (χ1n) is 7.80. The molecule has 0 spiro atoms. The molecule has 0 aliphatic heterocycles. The number of esters is 1. The Morgan fingerprint density at radius 3 is 2.48 bits per heavy atom. The second-order valence-corrected chi connectivity index (χ2v) is 5.57. The van der Waals surface area contributed by atoms with Gasteiger partial charge in [0.1, 0.15) is 5.56 Å². The Balaban J connectivity index is 1.91. The zero-order valence-electron chi connectivity index (χ0n) is 13.8. The number of nitrogens with zero attached hydrogens (tertiary/aromatic N) is 2. The molecule has 0 aliphatic rings. The van der Waals surface area contributed by atoms with E-state index < -0.39 is 5.97 Å². The highest BCUT2D eigenvalue weighted by molar-refractivity contribution is 5.99. The summed E-state index contributed by atoms with van der Waals surface area (Å²) in [6.07, 6.45) is 4.74. The normalized spacial score (nSPS) is 10.6. The maximum Gasteiger partial charge on any atom is 0.342 e. The van der Waals surface area contributed by atoms with E-state index in [1.807, 2.05) is 12.1 Å². The molecular weight excluding hydrogens is 292 g/mol. The second-order valence-electron chi connectivity index (χ2n) is 5.57. The summed E-state index contributed by atoms with van der Waals surface area (Å²) in [6, 6.07) is 7.49. The molecule has 0 N–H and O–H groups in total. The molecule has 23 heavy (non-hydrogen) atoms. The number of hydrogen-bond acceptors (Lipinski definition) is 4. The van der Waals surface area contributed by atoms with E-state index in [1.54, 1.807) is 30.8 Å². The van der Waals surface area contributed by atoms with Crippen molar-refractivity contribution in [3.8, 4) is 0 Å². The largest absolute Gasteiger partial charge is 0.454 e. The van der Waals surface area contributed by atoms with E-state index in [-0.39, 0.29) is 12.4 Å². The number of Topliss-reactive ketones (excluding diaryl/α,β-unsaturated/α-hetero) is 1. The fourth-order valence-corrected chi connectivity index (χ4v) is 2.23. The van der Waals surface area contributed by atoms with Crippen molar-refractivity contribution in [2.75, 3.05) is 6.61 Å². The number of hydrogen-bond donors (Lipinski definition) is 0. The fraction of sp³-hybridized carbons (Fsp3) is 0.389. The second kappa shape index (κ2) is 7.72. The number of aromatic nitrogens is 2. The molecule has 0 saturated heterocycles. The van der Waals surface area contributed by atoms with Gasteiger partial charge in [0.05, 0.1) is 6.20 Å². The fourth-order valence-electron chi connectivity index (χ4n) is 2.23. The Bertz CT molecular complexity index is 687. The molecule has 122 valence electrons. The van der Waals surface area contributed by atoms with E-state index >= 15 is 0 Å². The Hall–Kier alpha value is -2.43. The van der Waals surface area contributed by atoms with Crippen LogP contribution in [0.25, 0.3) is 0 Å². The number of unbranched alkanes of at least 4 members (excludes halogenated alkanes) is 1. The summed E-state index contributed by atoms with van der Waals surface area (Å²) in [6.45, 7) is 3.66. The molecule has 0 fully saturated rings. The lowest BCUT2D eigenvalue weighted by Gasteiger charge is -2.05. The monoisotopic (exact) mass is 314 g/mol. The van der Waals surface area contributed by atoms with E-state index in [1.165, 1.54) is 11.8 Å². The van der Waals surface area contributed by atoms with E-state index in [0.29, 0.717) is 16.8 Å². The van der Waals surface area contributed by atoms with E-state index in [4.69, 9.17) is 4.74 Å². The highest BCUT2D eigenvalue weighted by Gasteiger charge is 2.16. The molecule has 0 radical (unpaired) electrons. The van der Waals surface area contributed by atoms with Gasteiger partial charge in [-0.2, -0.15) is 5.10 Å². The lowest BCUT2D eigenvalue weighted by Crippen LogP contribution is -2.15. The van der Waals surface area contributed by atoms with Crippen LogP contribution < -0.4 is 0 Å². The van der Waals surface area contributed by atoms with Crippen molar-refractivity contribution < 1.29 is 14.3 Å². The highest BCUT2D eigenvalue weighted by Crippen LogP contribution is 2.10. The molecule has 0 bridgehead atoms. The van der Waals surface area contributed by atoms with Crippen molar-refractivity contribution in [2.24, 2.45) is 7.05 Å². The maximum atomic E-state index is 12.1. The molecular formula is C18H22N2O3. The van der Waals surface area contributed by atoms with E-state index in [0.717, 1.165) is 19.3 Å². The standard InChI is InChI=1S/C18H22N2O3/c1-4-5-6-14-7-9-15(10-8-14)17(21)12-23-18(22)16-11-19-20(3)13(16)2/h7-11H,4-6,12H2,1-3H3. The third kappa shape index (κ3) is 4.28. The van der Waals surface area contributed by atoms with Crippen LogP contribution in [0.1, 0.15) is 51.7 Å². The Labute approximate surface area is 136 Å². The van der Waals surface area contributed by atoms with Gasteiger partial charge in [0.25, 0.3) is 0 Å². The van der Waals surface area contributed by atoms with Crippen LogP contribution in [0.15, 0.2) is 30.5 Å². The van der Waals surface area contributed by atoms with Crippen LogP contribution in [0.2, 0.25) is 0 Å². The van der Waals surface area contributed by atoms with Crippen molar-refractivity contribution >= 4 is 11.8 Å². The smallest absolute Gasteiger partial charge is 0.342 e. The average molecular weight is 314 g/mol. The minimum atomic E-state index is -0.525. The van der Waals surface area contributed by atoms with Crippen molar-refractivity contribution in [3.63, 3.8) is 0 Å². The third-order valence-electron chi connectivity index (χ3n) is 3.88. The van der Waals surface area contributed by atoms with Gasteiger partial charge in [0.15, 0.2) is 12.4 Å². The first-order chi connectivity index (χ1) is 11.0. The predicted molar refractivity (Wildman–Crippen MR) is 87.6 cm³/mol. The van der Waals surface area contributed by atoms with Crippen LogP contribution in [0.5, 0.6) is 0 Å². The topological polar surface area (TPSA) is 61.2 Å². The summed E-state index contributed by atoms with van der Waals surface area (Å²) in [5, 5.41) is 3.99. The van der Waals surface area contributed by atoms with Gasteiger partial charge in [0.2, 0.25) is 0 Å². The van der Waals surface area contributed by atoms with Crippen molar-refractivity contribution in [1.82, 2.24) is 9.78 Å². The highest BCUT2D eigenvalue weighted by atomic mass is 16.5. The average Bonchev–Trinajstić information content (AvgIpc) is 2.90. The number of aryl methyl sites for hydroxylation is 2. The van der Waals surface area contributed by atoms with E-state index in [2.05, 4.69) is 12.0 Å². The lowest BCUT2D eigenvalue weighted by molar-refractivity contribution is 0.0474. The van der Waals surface area contributed by atoms with Crippen LogP contribution in [0, 0.1) is 6.92 Å². The van der Waals surface area contributed by atoms with Crippen molar-refractivity contribution in [2.45, 2.75) is 33.1 Å². The first kappa shape index (κ1) is 16.9. The number of carbonyl (C=O) groups is 2. The number of carbonyl (C=O) groups excluding carboxylic acids is 2. The van der Waals surface area contributed by atoms with E-state index in [9.17, 15) is 9.59 Å². The van der Waals surface area contributed by atoms with Crippen LogP contribution >= 0.6 is 0 Å². The molecule has 2 rings (SSSR count). The number of rotatable bonds is 7. The molecule has 5 nitrogen and oxygen atoms in total. The third-order valence-corrected chi connectivity index (χ3v) is 3.88. The van der Waals surface area contributed by atoms with Gasteiger partial charge in [-0.25, -0.2) is 4.79 Å². The summed E-state index contributed by atoms with van der Waals surface area (Å²) < 4.78 is 6.68. The van der Waals surface area contributed by atoms with Gasteiger partial charge in [-0.15, -0.1) is 0 Å². The molecule has 0 aliphatic carbocycles. The maximum absolute atomic E-state index is 12.1. The Morgan fingerprint density at radius 2 is 1.91 bits per heavy atom. The molecule has 5 heteroatoms. The molecule has 0 amide bonds. The van der Waals surface area contributed by atoms with Gasteiger partial charge in [-0.05, 0) is 25.3 Å². The Morgan fingerprint density at radius 1 is 1.22 bits per heavy atom. The van der Waals surface area contributed by atoms with Gasteiger partial charge in [-0.1, -0.05) is 37.6 Å². The summed E-state index contributed by atoms with van der Waals surface area (Å²) in [5.74, 6) is -0.731. The molecule has 0 unspecified atom stereocenters. The number of ether oxygens (including phenoxy) is 1. The molecule has 0 saturated carbocycles. The summed E-state index contributed by atoms with van der Waals surface area (Å²) >= 11 is 0. The van der Waals surface area contributed by atoms with Gasteiger partial charge >= 0.3 is 5.97 Å². The molecule has 0 atom stereocenters. The Kier molecular flexibility index (Phi) is 5.68. The first-order valence-corrected chi connectivity index (χ1v) is 7.80. The van der Waals surface area contributed by atoms with Crippen LogP contribution in [-0.4, -0.2) is 28.1 Å². The van der Waals surface area contributed by atoms with Crippen molar-refractivity contribution in [3.05, 3.63) is 52.8 Å². The zero-order chi connectivity index (χ0) is 16.8. The quantitative estimate of drug-likeness (QED) is 0.582. The van der Waals surface area contributed by atoms with Gasteiger partial charge < -0.3 is 4.74 Å². The van der Waals surface area contributed by atoms with Crippen LogP contribution in [0.3, 0.4) is 0 Å². The van der Waals surface area contributed by atoms with Gasteiger partial charge in [-0.3, -0.25) is 9.48 Å². The minimum Gasteiger partial charge on any atom is -0.454 e. The summed E-state index contributed by atoms with van der Waals surface area (Å²) in [4.78, 5) is 24.1.